The van der Waals surface area contributed by atoms with E-state index in [9.17, 15) is 17.6 Å². The van der Waals surface area contributed by atoms with Crippen molar-refractivity contribution in [1.29, 1.82) is 0 Å². The molecule has 0 spiro atoms. The normalized spacial score (nSPS) is 12.1. The molecule has 2 aromatic rings. The summed E-state index contributed by atoms with van der Waals surface area (Å²) in [5, 5.41) is 5.91. The Balaban J connectivity index is 2.02. The van der Waals surface area contributed by atoms with E-state index in [2.05, 4.69) is 15.6 Å². The first-order chi connectivity index (χ1) is 13.3. The first kappa shape index (κ1) is 21.7. The quantitative estimate of drug-likeness (QED) is 0.417. The van der Waals surface area contributed by atoms with Crippen molar-refractivity contribution in [3.8, 4) is 0 Å². The predicted octanol–water partition coefficient (Wildman–Crippen LogP) is 4.25. The Kier molecular flexibility index (Phi) is 7.80. The molecule has 0 saturated heterocycles. The van der Waals surface area contributed by atoms with Gasteiger partial charge in [0.2, 0.25) is 0 Å². The van der Waals surface area contributed by atoms with E-state index in [1.165, 1.54) is 7.05 Å². The first-order valence-corrected chi connectivity index (χ1v) is 8.79. The Morgan fingerprint density at radius 1 is 1.00 bits per heavy atom. The minimum absolute atomic E-state index is 0.0615. The molecule has 2 N–H and O–H groups in total. The Labute approximate surface area is 161 Å². The van der Waals surface area contributed by atoms with Crippen molar-refractivity contribution < 1.29 is 22.3 Å². The van der Waals surface area contributed by atoms with Crippen molar-refractivity contribution in [2.24, 2.45) is 4.99 Å². The van der Waals surface area contributed by atoms with Crippen LogP contribution in [0.3, 0.4) is 0 Å². The standard InChI is InChI=1S/C20H23F4N3O/c1-3-28-13-16-7-5-4-6-14(16)11-26-19(25-2)27-12-15-8-9-17(21)10-18(15)20(22,23)24/h4-10H,3,11-13H2,1-2H3,(H2,25,26,27). The Morgan fingerprint density at radius 2 is 1.64 bits per heavy atom. The number of halogens is 4. The van der Waals surface area contributed by atoms with Gasteiger partial charge in [0.15, 0.2) is 5.96 Å². The second kappa shape index (κ2) is 10.1. The van der Waals surface area contributed by atoms with Crippen molar-refractivity contribution in [3.63, 3.8) is 0 Å². The molecular weight excluding hydrogens is 374 g/mol. The average molecular weight is 397 g/mol. The molecule has 0 atom stereocenters. The number of benzene rings is 2. The second-order valence-electron chi connectivity index (χ2n) is 5.98. The number of hydrogen-bond acceptors (Lipinski definition) is 2. The van der Waals surface area contributed by atoms with E-state index < -0.39 is 17.6 Å². The van der Waals surface area contributed by atoms with Gasteiger partial charge in [-0.1, -0.05) is 30.3 Å². The number of nitrogens with one attached hydrogen (secondary N) is 2. The van der Waals surface area contributed by atoms with Crippen LogP contribution in [-0.4, -0.2) is 19.6 Å². The third-order valence-electron chi connectivity index (χ3n) is 4.07. The lowest BCUT2D eigenvalue weighted by Crippen LogP contribution is -2.37. The van der Waals surface area contributed by atoms with Gasteiger partial charge in [0, 0.05) is 26.7 Å². The number of alkyl halides is 3. The summed E-state index contributed by atoms with van der Waals surface area (Å²) in [5.41, 5.74) is 0.952. The molecule has 2 aromatic carbocycles. The molecule has 8 heteroatoms. The molecule has 0 fully saturated rings. The van der Waals surface area contributed by atoms with Gasteiger partial charge in [-0.15, -0.1) is 0 Å². The lowest BCUT2D eigenvalue weighted by atomic mass is 10.1. The van der Waals surface area contributed by atoms with Crippen LogP contribution in [0.15, 0.2) is 47.5 Å². The van der Waals surface area contributed by atoms with Crippen molar-refractivity contribution >= 4 is 5.96 Å². The zero-order valence-corrected chi connectivity index (χ0v) is 15.7. The van der Waals surface area contributed by atoms with Gasteiger partial charge in [-0.25, -0.2) is 4.39 Å². The van der Waals surface area contributed by atoms with E-state index in [1.807, 2.05) is 31.2 Å². The monoisotopic (exact) mass is 397 g/mol. The van der Waals surface area contributed by atoms with Crippen LogP contribution >= 0.6 is 0 Å². The zero-order valence-electron chi connectivity index (χ0n) is 15.7. The van der Waals surface area contributed by atoms with Crippen molar-refractivity contribution in [2.75, 3.05) is 13.7 Å². The Hall–Kier alpha value is -2.61. The highest BCUT2D eigenvalue weighted by molar-refractivity contribution is 5.79. The molecule has 0 bridgehead atoms. The summed E-state index contributed by atoms with van der Waals surface area (Å²) < 4.78 is 57.9. The SMILES string of the molecule is CCOCc1ccccc1CNC(=NC)NCc1ccc(F)cc1C(F)(F)F. The molecule has 0 aliphatic rings. The van der Waals surface area contributed by atoms with Crippen LogP contribution in [0.2, 0.25) is 0 Å². The molecule has 0 amide bonds. The van der Waals surface area contributed by atoms with E-state index in [0.717, 1.165) is 23.3 Å². The molecule has 0 radical (unpaired) electrons. The fourth-order valence-corrected chi connectivity index (χ4v) is 2.63. The van der Waals surface area contributed by atoms with Gasteiger partial charge in [0.1, 0.15) is 5.82 Å². The number of hydrogen-bond donors (Lipinski definition) is 2. The molecule has 0 aliphatic heterocycles. The highest BCUT2D eigenvalue weighted by Crippen LogP contribution is 2.32. The predicted molar refractivity (Wildman–Crippen MR) is 100 cm³/mol. The van der Waals surface area contributed by atoms with Crippen molar-refractivity contribution in [2.45, 2.75) is 32.8 Å². The molecule has 4 nitrogen and oxygen atoms in total. The van der Waals surface area contributed by atoms with Crippen molar-refractivity contribution in [3.05, 3.63) is 70.5 Å². The number of aliphatic imine (C=N–C) groups is 1. The summed E-state index contributed by atoms with van der Waals surface area (Å²) in [4.78, 5) is 4.03. The van der Waals surface area contributed by atoms with Crippen LogP contribution in [0, 0.1) is 5.82 Å². The van der Waals surface area contributed by atoms with Crippen LogP contribution in [0.5, 0.6) is 0 Å². The Morgan fingerprint density at radius 3 is 2.25 bits per heavy atom. The topological polar surface area (TPSA) is 45.6 Å². The summed E-state index contributed by atoms with van der Waals surface area (Å²) in [7, 11) is 1.52. The number of nitrogens with zero attached hydrogens (tertiary/aromatic N) is 1. The molecular formula is C20H23F4N3O. The van der Waals surface area contributed by atoms with E-state index in [4.69, 9.17) is 4.74 Å². The van der Waals surface area contributed by atoms with Gasteiger partial charge in [-0.2, -0.15) is 13.2 Å². The lowest BCUT2D eigenvalue weighted by Gasteiger charge is -2.17. The molecule has 28 heavy (non-hydrogen) atoms. The fraction of sp³-hybridized carbons (Fsp3) is 0.350. The summed E-state index contributed by atoms with van der Waals surface area (Å²) in [6.45, 7) is 3.28. The van der Waals surface area contributed by atoms with Gasteiger partial charge >= 0.3 is 6.18 Å². The smallest absolute Gasteiger partial charge is 0.377 e. The number of ether oxygens (including phenoxy) is 1. The molecule has 0 aromatic heterocycles. The third kappa shape index (κ3) is 6.23. The summed E-state index contributed by atoms with van der Waals surface area (Å²) in [5.74, 6) is -0.590. The number of guanidine groups is 1. The van der Waals surface area contributed by atoms with E-state index >= 15 is 0 Å². The largest absolute Gasteiger partial charge is 0.416 e. The van der Waals surface area contributed by atoms with Crippen LogP contribution in [0.4, 0.5) is 17.6 Å². The van der Waals surface area contributed by atoms with Crippen LogP contribution in [-0.2, 0) is 30.6 Å². The van der Waals surface area contributed by atoms with Crippen LogP contribution in [0.1, 0.15) is 29.2 Å². The average Bonchev–Trinajstić information content (AvgIpc) is 2.67. The fourth-order valence-electron chi connectivity index (χ4n) is 2.63. The Bertz CT molecular complexity index is 806. The van der Waals surface area contributed by atoms with Gasteiger partial charge < -0.3 is 15.4 Å². The molecule has 0 saturated carbocycles. The van der Waals surface area contributed by atoms with Crippen LogP contribution < -0.4 is 10.6 Å². The zero-order chi connectivity index (χ0) is 20.6. The maximum absolute atomic E-state index is 13.2. The van der Waals surface area contributed by atoms with Gasteiger partial charge in [0.05, 0.1) is 12.2 Å². The summed E-state index contributed by atoms with van der Waals surface area (Å²) in [6.07, 6.45) is -4.63. The highest BCUT2D eigenvalue weighted by Gasteiger charge is 2.33. The van der Waals surface area contributed by atoms with E-state index in [1.54, 1.807) is 0 Å². The van der Waals surface area contributed by atoms with E-state index in [0.29, 0.717) is 31.8 Å². The third-order valence-corrected chi connectivity index (χ3v) is 4.07. The van der Waals surface area contributed by atoms with E-state index in [-0.39, 0.29) is 12.1 Å². The van der Waals surface area contributed by atoms with Gasteiger partial charge in [0.25, 0.3) is 0 Å². The van der Waals surface area contributed by atoms with Gasteiger partial charge in [-0.05, 0) is 35.7 Å². The molecule has 0 aliphatic carbocycles. The highest BCUT2D eigenvalue weighted by atomic mass is 19.4. The van der Waals surface area contributed by atoms with Gasteiger partial charge in [-0.3, -0.25) is 4.99 Å². The maximum atomic E-state index is 13.2. The molecule has 0 heterocycles. The molecule has 0 unspecified atom stereocenters. The maximum Gasteiger partial charge on any atom is 0.416 e. The summed E-state index contributed by atoms with van der Waals surface area (Å²) in [6, 6.07) is 10.3. The molecule has 152 valence electrons. The molecule has 2 rings (SSSR count). The lowest BCUT2D eigenvalue weighted by molar-refractivity contribution is -0.138. The van der Waals surface area contributed by atoms with Crippen LogP contribution in [0.25, 0.3) is 0 Å². The summed E-state index contributed by atoms with van der Waals surface area (Å²) >= 11 is 0. The van der Waals surface area contributed by atoms with Crippen molar-refractivity contribution in [1.82, 2.24) is 10.6 Å². The minimum atomic E-state index is -4.63. The first-order valence-electron chi connectivity index (χ1n) is 8.79. The second-order valence-corrected chi connectivity index (χ2v) is 5.98. The minimum Gasteiger partial charge on any atom is -0.377 e. The number of rotatable bonds is 7.